The third kappa shape index (κ3) is 4.80. The molecule has 0 aromatic carbocycles. The Labute approximate surface area is 105 Å². The molecule has 7 heteroatoms. The highest BCUT2D eigenvalue weighted by Crippen LogP contribution is 2.24. The second-order valence-electron chi connectivity index (χ2n) is 4.27. The first-order chi connectivity index (χ1) is 8.47. The third-order valence-electron chi connectivity index (χ3n) is 2.94. The van der Waals surface area contributed by atoms with E-state index in [0.29, 0.717) is 19.7 Å². The van der Waals surface area contributed by atoms with E-state index in [2.05, 4.69) is 10.2 Å². The largest absolute Gasteiger partial charge is 0.405 e. The minimum absolute atomic E-state index is 0.105. The number of hydrogen-bond acceptors (Lipinski definition) is 4. The normalized spacial score (nSPS) is 23.6. The molecular formula is C11H18F3N3O. The molecule has 0 bridgehead atoms. The van der Waals surface area contributed by atoms with E-state index in [-0.39, 0.29) is 12.6 Å². The van der Waals surface area contributed by atoms with Crippen molar-refractivity contribution in [2.24, 2.45) is 5.92 Å². The van der Waals surface area contributed by atoms with E-state index in [0.717, 1.165) is 13.1 Å². The Hall–Kier alpha value is -0.840. The molecular weight excluding hydrogens is 247 g/mol. The van der Waals surface area contributed by atoms with Crippen LogP contribution in [0.1, 0.15) is 6.92 Å². The Morgan fingerprint density at radius 3 is 2.83 bits per heavy atom. The molecule has 0 aromatic heterocycles. The topological polar surface area (TPSA) is 48.3 Å². The molecule has 0 spiro atoms. The van der Waals surface area contributed by atoms with Gasteiger partial charge in [-0.2, -0.15) is 18.4 Å². The van der Waals surface area contributed by atoms with Gasteiger partial charge < -0.3 is 10.1 Å². The van der Waals surface area contributed by atoms with Gasteiger partial charge in [-0.1, -0.05) is 6.92 Å². The lowest BCUT2D eigenvalue weighted by Gasteiger charge is -2.32. The molecule has 4 nitrogen and oxygen atoms in total. The summed E-state index contributed by atoms with van der Waals surface area (Å²) in [5, 5.41) is 11.1. The SMILES string of the molecule is CCN1CCOC(CNCC(C#N)C(F)(F)F)C1. The van der Waals surface area contributed by atoms with Gasteiger partial charge in [-0.3, -0.25) is 4.90 Å². The Balaban J connectivity index is 2.27. The second kappa shape index (κ2) is 6.92. The highest BCUT2D eigenvalue weighted by atomic mass is 19.4. The number of morpholine rings is 1. The molecule has 1 heterocycles. The summed E-state index contributed by atoms with van der Waals surface area (Å²) in [5.74, 6) is -1.96. The average Bonchev–Trinajstić information content (AvgIpc) is 2.33. The summed E-state index contributed by atoms with van der Waals surface area (Å²) in [6.45, 7) is 5.06. The first kappa shape index (κ1) is 15.2. The van der Waals surface area contributed by atoms with E-state index in [4.69, 9.17) is 10.00 Å². The lowest BCUT2D eigenvalue weighted by molar-refractivity contribution is -0.158. The maximum absolute atomic E-state index is 12.3. The van der Waals surface area contributed by atoms with Gasteiger partial charge in [-0.25, -0.2) is 0 Å². The van der Waals surface area contributed by atoms with Crippen LogP contribution in [-0.2, 0) is 4.74 Å². The summed E-state index contributed by atoms with van der Waals surface area (Å²) >= 11 is 0. The monoisotopic (exact) mass is 265 g/mol. The molecule has 1 N–H and O–H groups in total. The molecule has 0 amide bonds. The number of ether oxygens (including phenoxy) is 1. The van der Waals surface area contributed by atoms with Gasteiger partial charge in [0.15, 0.2) is 5.92 Å². The van der Waals surface area contributed by atoms with Crippen molar-refractivity contribution in [2.75, 3.05) is 39.3 Å². The van der Waals surface area contributed by atoms with Crippen molar-refractivity contribution < 1.29 is 17.9 Å². The Kier molecular flexibility index (Phi) is 5.85. The summed E-state index contributed by atoms with van der Waals surface area (Å²) in [4.78, 5) is 2.18. The lowest BCUT2D eigenvalue weighted by Crippen LogP contribution is -2.47. The van der Waals surface area contributed by atoms with E-state index < -0.39 is 12.1 Å². The number of nitrogens with zero attached hydrogens (tertiary/aromatic N) is 2. The Morgan fingerprint density at radius 1 is 1.56 bits per heavy atom. The minimum Gasteiger partial charge on any atom is -0.374 e. The van der Waals surface area contributed by atoms with Gasteiger partial charge in [-0.05, 0) is 6.54 Å². The highest BCUT2D eigenvalue weighted by molar-refractivity contribution is 4.90. The molecule has 18 heavy (non-hydrogen) atoms. The van der Waals surface area contributed by atoms with Gasteiger partial charge in [0.25, 0.3) is 0 Å². The molecule has 0 radical (unpaired) electrons. The van der Waals surface area contributed by atoms with E-state index >= 15 is 0 Å². The van der Waals surface area contributed by atoms with Crippen LogP contribution in [0.5, 0.6) is 0 Å². The van der Waals surface area contributed by atoms with E-state index in [1.54, 1.807) is 0 Å². The number of alkyl halides is 3. The van der Waals surface area contributed by atoms with Crippen LogP contribution in [0.3, 0.4) is 0 Å². The number of hydrogen-bond donors (Lipinski definition) is 1. The van der Waals surface area contributed by atoms with Crippen molar-refractivity contribution in [3.63, 3.8) is 0 Å². The molecule has 0 saturated carbocycles. The molecule has 2 atom stereocenters. The van der Waals surface area contributed by atoms with Crippen LogP contribution in [0.2, 0.25) is 0 Å². The molecule has 1 rings (SSSR count). The Morgan fingerprint density at radius 2 is 2.28 bits per heavy atom. The fourth-order valence-electron chi connectivity index (χ4n) is 1.81. The molecule has 0 aliphatic carbocycles. The van der Waals surface area contributed by atoms with Crippen LogP contribution in [0.15, 0.2) is 0 Å². The number of nitrogens with one attached hydrogen (secondary N) is 1. The fraction of sp³-hybridized carbons (Fsp3) is 0.909. The zero-order valence-electron chi connectivity index (χ0n) is 10.3. The summed E-state index contributed by atoms with van der Waals surface area (Å²) in [6.07, 6.45) is -4.57. The lowest BCUT2D eigenvalue weighted by atomic mass is 10.1. The van der Waals surface area contributed by atoms with Gasteiger partial charge in [0.05, 0.1) is 18.8 Å². The van der Waals surface area contributed by atoms with Crippen LogP contribution < -0.4 is 5.32 Å². The molecule has 1 fully saturated rings. The quantitative estimate of drug-likeness (QED) is 0.805. The van der Waals surface area contributed by atoms with Crippen LogP contribution in [0, 0.1) is 17.2 Å². The average molecular weight is 265 g/mol. The number of likely N-dealkylation sites (N-methyl/N-ethyl adjacent to an activating group) is 1. The van der Waals surface area contributed by atoms with Crippen molar-refractivity contribution >= 4 is 0 Å². The van der Waals surface area contributed by atoms with E-state index in [1.807, 2.05) is 6.92 Å². The predicted molar refractivity (Wildman–Crippen MR) is 59.9 cm³/mol. The molecule has 1 saturated heterocycles. The first-order valence-electron chi connectivity index (χ1n) is 5.98. The Bertz CT molecular complexity index is 290. The standard InChI is InChI=1S/C11H18F3N3O/c1-2-17-3-4-18-10(8-17)7-16-6-9(5-15)11(12,13)14/h9-10,16H,2-4,6-8H2,1H3. The van der Waals surface area contributed by atoms with Gasteiger partial charge in [0.2, 0.25) is 0 Å². The molecule has 2 unspecified atom stereocenters. The maximum atomic E-state index is 12.3. The van der Waals surface area contributed by atoms with Crippen LogP contribution in [-0.4, -0.2) is 56.5 Å². The van der Waals surface area contributed by atoms with Gasteiger partial charge in [0, 0.05) is 26.2 Å². The zero-order chi connectivity index (χ0) is 13.6. The highest BCUT2D eigenvalue weighted by Gasteiger charge is 2.39. The van der Waals surface area contributed by atoms with Crippen molar-refractivity contribution in [3.05, 3.63) is 0 Å². The third-order valence-corrected chi connectivity index (χ3v) is 2.94. The number of rotatable bonds is 5. The van der Waals surface area contributed by atoms with Crippen molar-refractivity contribution in [2.45, 2.75) is 19.2 Å². The van der Waals surface area contributed by atoms with E-state index in [1.165, 1.54) is 6.07 Å². The smallest absolute Gasteiger partial charge is 0.374 e. The van der Waals surface area contributed by atoms with Crippen molar-refractivity contribution in [1.82, 2.24) is 10.2 Å². The fourth-order valence-corrected chi connectivity index (χ4v) is 1.81. The van der Waals surface area contributed by atoms with Gasteiger partial charge in [0.1, 0.15) is 0 Å². The van der Waals surface area contributed by atoms with Crippen molar-refractivity contribution in [1.29, 1.82) is 5.26 Å². The predicted octanol–water partition coefficient (Wildman–Crippen LogP) is 0.999. The maximum Gasteiger partial charge on any atom is 0.405 e. The molecule has 0 aromatic rings. The first-order valence-corrected chi connectivity index (χ1v) is 5.98. The molecule has 1 aliphatic heterocycles. The van der Waals surface area contributed by atoms with Crippen LogP contribution in [0.25, 0.3) is 0 Å². The number of halogens is 3. The summed E-state index contributed by atoms with van der Waals surface area (Å²) in [6, 6.07) is 1.26. The molecule has 104 valence electrons. The molecule has 1 aliphatic rings. The number of nitriles is 1. The summed E-state index contributed by atoms with van der Waals surface area (Å²) in [5.41, 5.74) is 0. The zero-order valence-corrected chi connectivity index (χ0v) is 10.3. The van der Waals surface area contributed by atoms with E-state index in [9.17, 15) is 13.2 Å². The summed E-state index contributed by atoms with van der Waals surface area (Å²) < 4.78 is 42.3. The minimum atomic E-state index is -4.47. The van der Waals surface area contributed by atoms with Crippen molar-refractivity contribution in [3.8, 4) is 6.07 Å². The summed E-state index contributed by atoms with van der Waals surface area (Å²) in [7, 11) is 0. The second-order valence-corrected chi connectivity index (χ2v) is 4.27. The van der Waals surface area contributed by atoms with Crippen LogP contribution in [0.4, 0.5) is 13.2 Å². The van der Waals surface area contributed by atoms with Gasteiger partial charge in [-0.15, -0.1) is 0 Å². The van der Waals surface area contributed by atoms with Crippen LogP contribution >= 0.6 is 0 Å². The van der Waals surface area contributed by atoms with Gasteiger partial charge >= 0.3 is 6.18 Å².